The zero-order valence-electron chi connectivity index (χ0n) is 14.1. The Bertz CT molecular complexity index is 887. The van der Waals surface area contributed by atoms with Crippen LogP contribution in [0.4, 0.5) is 0 Å². The van der Waals surface area contributed by atoms with Crippen molar-refractivity contribution < 1.29 is 4.74 Å². The third-order valence-corrected chi connectivity index (χ3v) is 4.57. The number of nitriles is 1. The lowest BCUT2D eigenvalue weighted by Crippen LogP contribution is -2.06. The van der Waals surface area contributed by atoms with Gasteiger partial charge in [-0.2, -0.15) is 5.26 Å². The molecule has 0 saturated carbocycles. The summed E-state index contributed by atoms with van der Waals surface area (Å²) in [4.78, 5) is 0. The summed E-state index contributed by atoms with van der Waals surface area (Å²) in [5.41, 5.74) is 3.47. The molecule has 0 aliphatic heterocycles. The van der Waals surface area contributed by atoms with Crippen molar-refractivity contribution in [2.24, 2.45) is 0 Å². The molecule has 0 heterocycles. The van der Waals surface area contributed by atoms with Gasteiger partial charge in [-0.1, -0.05) is 54.6 Å². The highest BCUT2D eigenvalue weighted by molar-refractivity contribution is 5.86. The number of ether oxygens (including phenoxy) is 1. The highest BCUT2D eigenvalue weighted by Crippen LogP contribution is 2.28. The number of benzene rings is 3. The van der Waals surface area contributed by atoms with Crippen LogP contribution < -0.4 is 4.74 Å². The van der Waals surface area contributed by atoms with E-state index >= 15 is 0 Å². The molecule has 0 spiro atoms. The minimum Gasteiger partial charge on any atom is -0.493 e. The average Bonchev–Trinajstić information content (AvgIpc) is 2.62. The van der Waals surface area contributed by atoms with E-state index in [1.807, 2.05) is 36.4 Å². The van der Waals surface area contributed by atoms with Crippen LogP contribution in [-0.2, 0) is 0 Å². The summed E-state index contributed by atoms with van der Waals surface area (Å²) in [5, 5.41) is 12.0. The predicted molar refractivity (Wildman–Crippen MR) is 98.3 cm³/mol. The summed E-state index contributed by atoms with van der Waals surface area (Å²) >= 11 is 0. The molecule has 0 aliphatic carbocycles. The monoisotopic (exact) mass is 315 g/mol. The Balaban J connectivity index is 1.75. The fourth-order valence-corrected chi connectivity index (χ4v) is 3.01. The van der Waals surface area contributed by atoms with Crippen LogP contribution in [0.5, 0.6) is 5.75 Å². The number of rotatable bonds is 5. The molecule has 0 amide bonds. The predicted octanol–water partition coefficient (Wildman–Crippen LogP) is 5.53. The molecule has 2 heteroatoms. The smallest absolute Gasteiger partial charge is 0.122 e. The molecule has 24 heavy (non-hydrogen) atoms. The summed E-state index contributed by atoms with van der Waals surface area (Å²) in [6, 6.07) is 22.9. The summed E-state index contributed by atoms with van der Waals surface area (Å²) in [7, 11) is 0. The van der Waals surface area contributed by atoms with E-state index in [2.05, 4.69) is 44.2 Å². The minimum atomic E-state index is -0.166. The van der Waals surface area contributed by atoms with E-state index < -0.39 is 0 Å². The lowest BCUT2D eigenvalue weighted by atomic mass is 9.92. The van der Waals surface area contributed by atoms with Crippen molar-refractivity contribution >= 4 is 10.8 Å². The van der Waals surface area contributed by atoms with Gasteiger partial charge in [-0.3, -0.25) is 0 Å². The van der Waals surface area contributed by atoms with Gasteiger partial charge in [0.1, 0.15) is 5.75 Å². The number of hydrogen-bond donors (Lipinski definition) is 0. The second-order valence-electron chi connectivity index (χ2n) is 6.09. The molecule has 0 bridgehead atoms. The van der Waals surface area contributed by atoms with Gasteiger partial charge in [-0.25, -0.2) is 0 Å². The van der Waals surface area contributed by atoms with Crippen LogP contribution in [0.1, 0.15) is 29.0 Å². The van der Waals surface area contributed by atoms with Gasteiger partial charge in [-0.05, 0) is 47.4 Å². The van der Waals surface area contributed by atoms with Crippen LogP contribution >= 0.6 is 0 Å². The number of nitrogens with zero attached hydrogens (tertiary/aromatic N) is 1. The van der Waals surface area contributed by atoms with Crippen LogP contribution in [0.3, 0.4) is 0 Å². The maximum Gasteiger partial charge on any atom is 0.122 e. The Morgan fingerprint density at radius 3 is 2.54 bits per heavy atom. The SMILES string of the molecule is Cc1cccc(OCCC(C#N)c2cccc3ccccc23)c1C. The normalized spacial score (nSPS) is 11.9. The van der Waals surface area contributed by atoms with E-state index in [0.29, 0.717) is 13.0 Å². The van der Waals surface area contributed by atoms with Gasteiger partial charge in [0.05, 0.1) is 18.6 Å². The number of fused-ring (bicyclic) bond motifs is 1. The van der Waals surface area contributed by atoms with Crippen molar-refractivity contribution in [3.8, 4) is 11.8 Å². The average molecular weight is 315 g/mol. The topological polar surface area (TPSA) is 33.0 Å². The van der Waals surface area contributed by atoms with Crippen molar-refractivity contribution in [1.29, 1.82) is 5.26 Å². The van der Waals surface area contributed by atoms with Crippen LogP contribution in [0.25, 0.3) is 10.8 Å². The molecule has 1 atom stereocenters. The molecule has 0 aliphatic rings. The van der Waals surface area contributed by atoms with Crippen molar-refractivity contribution in [2.45, 2.75) is 26.2 Å². The first kappa shape index (κ1) is 16.1. The molecule has 0 saturated heterocycles. The first-order valence-corrected chi connectivity index (χ1v) is 8.27. The maximum absolute atomic E-state index is 9.63. The highest BCUT2D eigenvalue weighted by atomic mass is 16.5. The Labute approximate surface area is 143 Å². The Morgan fingerprint density at radius 1 is 0.958 bits per heavy atom. The zero-order valence-corrected chi connectivity index (χ0v) is 14.1. The molecular weight excluding hydrogens is 294 g/mol. The molecule has 0 aromatic heterocycles. The Hall–Kier alpha value is -2.79. The second-order valence-corrected chi connectivity index (χ2v) is 6.09. The third-order valence-electron chi connectivity index (χ3n) is 4.57. The van der Waals surface area contributed by atoms with Crippen molar-refractivity contribution in [3.63, 3.8) is 0 Å². The van der Waals surface area contributed by atoms with Crippen molar-refractivity contribution in [2.75, 3.05) is 6.61 Å². The number of aryl methyl sites for hydroxylation is 1. The Morgan fingerprint density at radius 2 is 1.71 bits per heavy atom. The van der Waals surface area contributed by atoms with E-state index in [9.17, 15) is 5.26 Å². The van der Waals surface area contributed by atoms with Gasteiger partial charge in [0, 0.05) is 6.42 Å². The van der Waals surface area contributed by atoms with Crippen LogP contribution in [0, 0.1) is 25.2 Å². The van der Waals surface area contributed by atoms with Crippen LogP contribution in [0.2, 0.25) is 0 Å². The van der Waals surface area contributed by atoms with Gasteiger partial charge in [0.2, 0.25) is 0 Å². The highest BCUT2D eigenvalue weighted by Gasteiger charge is 2.14. The molecule has 0 radical (unpaired) electrons. The zero-order chi connectivity index (χ0) is 16.9. The standard InChI is InChI=1S/C22H21NO/c1-16-7-5-12-22(17(16)2)24-14-13-19(15-23)21-11-6-9-18-8-3-4-10-20(18)21/h3-12,19H,13-14H2,1-2H3. The minimum absolute atomic E-state index is 0.166. The lowest BCUT2D eigenvalue weighted by molar-refractivity contribution is 0.304. The van der Waals surface area contributed by atoms with Gasteiger partial charge in [-0.15, -0.1) is 0 Å². The molecule has 0 N–H and O–H groups in total. The van der Waals surface area contributed by atoms with E-state index in [0.717, 1.165) is 22.3 Å². The van der Waals surface area contributed by atoms with Crippen molar-refractivity contribution in [1.82, 2.24) is 0 Å². The second kappa shape index (κ2) is 7.19. The molecular formula is C22H21NO. The van der Waals surface area contributed by atoms with E-state index in [-0.39, 0.29) is 5.92 Å². The first-order chi connectivity index (χ1) is 11.7. The summed E-state index contributed by atoms with van der Waals surface area (Å²) < 4.78 is 5.93. The summed E-state index contributed by atoms with van der Waals surface area (Å²) in [6.45, 7) is 4.68. The number of hydrogen-bond acceptors (Lipinski definition) is 2. The molecule has 3 rings (SSSR count). The van der Waals surface area contributed by atoms with Crippen molar-refractivity contribution in [3.05, 3.63) is 77.4 Å². The van der Waals surface area contributed by atoms with Gasteiger partial charge in [0.25, 0.3) is 0 Å². The van der Waals surface area contributed by atoms with E-state index in [4.69, 9.17) is 4.74 Å². The fraction of sp³-hybridized carbons (Fsp3) is 0.227. The molecule has 3 aromatic rings. The summed E-state index contributed by atoms with van der Waals surface area (Å²) in [6.07, 6.45) is 0.678. The van der Waals surface area contributed by atoms with Crippen LogP contribution in [-0.4, -0.2) is 6.61 Å². The largest absolute Gasteiger partial charge is 0.493 e. The quantitative estimate of drug-likeness (QED) is 0.620. The first-order valence-electron chi connectivity index (χ1n) is 8.27. The molecule has 1 unspecified atom stereocenters. The van der Waals surface area contributed by atoms with Crippen LogP contribution in [0.15, 0.2) is 60.7 Å². The maximum atomic E-state index is 9.63. The molecule has 3 aromatic carbocycles. The lowest BCUT2D eigenvalue weighted by Gasteiger charge is -2.15. The Kier molecular flexibility index (Phi) is 4.82. The molecule has 0 fully saturated rings. The van der Waals surface area contributed by atoms with E-state index in [1.54, 1.807) is 0 Å². The van der Waals surface area contributed by atoms with Gasteiger partial charge in [0.15, 0.2) is 0 Å². The van der Waals surface area contributed by atoms with E-state index in [1.165, 1.54) is 10.9 Å². The summed E-state index contributed by atoms with van der Waals surface area (Å²) in [5.74, 6) is 0.742. The molecule has 120 valence electrons. The van der Waals surface area contributed by atoms with Gasteiger partial charge < -0.3 is 4.74 Å². The van der Waals surface area contributed by atoms with Gasteiger partial charge >= 0.3 is 0 Å². The fourth-order valence-electron chi connectivity index (χ4n) is 3.01. The third kappa shape index (κ3) is 3.26. The molecule has 2 nitrogen and oxygen atoms in total.